The van der Waals surface area contributed by atoms with Gasteiger partial charge in [-0.2, -0.15) is 8.42 Å². The number of aromatic nitrogens is 2. The van der Waals surface area contributed by atoms with Gasteiger partial charge in [0.25, 0.3) is 10.0 Å². The average molecular weight is 316 g/mol. The first-order valence-electron chi connectivity index (χ1n) is 5.35. The molecule has 0 saturated heterocycles. The summed E-state index contributed by atoms with van der Waals surface area (Å²) < 4.78 is 48.7. The Bertz CT molecular complexity index is 826. The Morgan fingerprint density at radius 3 is 2.45 bits per heavy atom. The Morgan fingerprint density at radius 2 is 1.95 bits per heavy atom. The van der Waals surface area contributed by atoms with E-state index in [-0.39, 0.29) is 15.6 Å². The zero-order valence-electron chi connectivity index (χ0n) is 10.4. The number of hydrogen-bond donors (Lipinski definition) is 3. The molecule has 0 saturated carbocycles. The van der Waals surface area contributed by atoms with Crippen molar-refractivity contribution in [3.05, 3.63) is 36.3 Å². The van der Waals surface area contributed by atoms with Crippen LogP contribution in [0, 0.1) is 6.92 Å². The lowest BCUT2D eigenvalue weighted by atomic mass is 10.2. The molecule has 1 aromatic heterocycles. The van der Waals surface area contributed by atoms with E-state index in [2.05, 4.69) is 14.7 Å². The number of benzene rings is 1. The van der Waals surface area contributed by atoms with Gasteiger partial charge < -0.3 is 4.98 Å². The monoisotopic (exact) mass is 316 g/mol. The van der Waals surface area contributed by atoms with E-state index in [4.69, 9.17) is 5.14 Å². The predicted molar refractivity (Wildman–Crippen MR) is 71.9 cm³/mol. The van der Waals surface area contributed by atoms with Crippen molar-refractivity contribution < 1.29 is 16.8 Å². The van der Waals surface area contributed by atoms with Crippen LogP contribution in [0.2, 0.25) is 0 Å². The van der Waals surface area contributed by atoms with Gasteiger partial charge in [-0.15, -0.1) is 0 Å². The molecular weight excluding hydrogens is 304 g/mol. The number of nitrogens with zero attached hydrogens (tertiary/aromatic N) is 1. The summed E-state index contributed by atoms with van der Waals surface area (Å²) in [5, 5.41) is 4.91. The molecule has 0 atom stereocenters. The number of primary sulfonamides is 1. The molecule has 1 aromatic carbocycles. The molecule has 0 bridgehead atoms. The van der Waals surface area contributed by atoms with Gasteiger partial charge in [0.05, 0.1) is 23.1 Å². The Kier molecular flexibility index (Phi) is 3.54. The standard InChI is InChI=1S/C10H12N4O4S2/c1-7-4-8(19(11,15)16)2-3-9(7)14-20(17,18)10-5-12-6-13-10/h2-6,14H,1H3,(H,12,13)(H2,11,15,16). The summed E-state index contributed by atoms with van der Waals surface area (Å²) >= 11 is 0. The quantitative estimate of drug-likeness (QED) is 0.738. The minimum Gasteiger partial charge on any atom is -0.334 e. The zero-order valence-corrected chi connectivity index (χ0v) is 12.0. The van der Waals surface area contributed by atoms with Crippen LogP contribution >= 0.6 is 0 Å². The number of nitrogens with one attached hydrogen (secondary N) is 2. The molecule has 0 fully saturated rings. The van der Waals surface area contributed by atoms with Gasteiger partial charge in [0.15, 0.2) is 5.03 Å². The molecule has 10 heteroatoms. The van der Waals surface area contributed by atoms with Crippen LogP contribution in [0.15, 0.2) is 40.6 Å². The molecule has 8 nitrogen and oxygen atoms in total. The van der Waals surface area contributed by atoms with Crippen LogP contribution in [0.3, 0.4) is 0 Å². The highest BCUT2D eigenvalue weighted by Crippen LogP contribution is 2.21. The fourth-order valence-electron chi connectivity index (χ4n) is 1.52. The minimum atomic E-state index is -3.82. The molecule has 1 heterocycles. The topological polar surface area (TPSA) is 135 Å². The van der Waals surface area contributed by atoms with E-state index < -0.39 is 20.0 Å². The molecule has 0 amide bonds. The van der Waals surface area contributed by atoms with Crippen molar-refractivity contribution in [2.45, 2.75) is 16.8 Å². The third-order valence-electron chi connectivity index (χ3n) is 2.53. The number of imidazole rings is 1. The van der Waals surface area contributed by atoms with Crippen LogP contribution < -0.4 is 9.86 Å². The summed E-state index contributed by atoms with van der Waals surface area (Å²) in [6, 6.07) is 3.86. The Morgan fingerprint density at radius 1 is 1.25 bits per heavy atom. The highest BCUT2D eigenvalue weighted by Gasteiger charge is 2.17. The summed E-state index contributed by atoms with van der Waals surface area (Å²) in [7, 11) is -7.61. The fourth-order valence-corrected chi connectivity index (χ4v) is 3.15. The molecule has 0 aliphatic rings. The van der Waals surface area contributed by atoms with Crippen molar-refractivity contribution >= 4 is 25.7 Å². The van der Waals surface area contributed by atoms with E-state index in [1.54, 1.807) is 6.92 Å². The molecule has 4 N–H and O–H groups in total. The number of H-pyrrole nitrogens is 1. The van der Waals surface area contributed by atoms with Crippen molar-refractivity contribution in [2.75, 3.05) is 4.72 Å². The van der Waals surface area contributed by atoms with E-state index in [9.17, 15) is 16.8 Å². The van der Waals surface area contributed by atoms with E-state index in [0.29, 0.717) is 5.56 Å². The maximum Gasteiger partial charge on any atom is 0.278 e. The van der Waals surface area contributed by atoms with Gasteiger partial charge in [0.1, 0.15) is 0 Å². The maximum atomic E-state index is 12.0. The molecule has 2 rings (SSSR count). The van der Waals surface area contributed by atoms with Crippen LogP contribution in [0.5, 0.6) is 0 Å². The zero-order chi connectivity index (χ0) is 15.0. The van der Waals surface area contributed by atoms with Crippen molar-refractivity contribution in [1.29, 1.82) is 0 Å². The second kappa shape index (κ2) is 4.89. The van der Waals surface area contributed by atoms with Gasteiger partial charge in [0.2, 0.25) is 10.0 Å². The number of rotatable bonds is 4. The van der Waals surface area contributed by atoms with E-state index in [1.807, 2.05) is 0 Å². The second-order valence-corrected chi connectivity index (χ2v) is 7.26. The van der Waals surface area contributed by atoms with Crippen LogP contribution in [0.25, 0.3) is 0 Å². The van der Waals surface area contributed by atoms with Crippen LogP contribution in [0.4, 0.5) is 5.69 Å². The fraction of sp³-hybridized carbons (Fsp3) is 0.100. The molecule has 0 radical (unpaired) electrons. The van der Waals surface area contributed by atoms with E-state index in [0.717, 1.165) is 6.20 Å². The number of sulfonamides is 2. The van der Waals surface area contributed by atoms with Gasteiger partial charge in [0, 0.05) is 0 Å². The molecule has 0 aliphatic carbocycles. The largest absolute Gasteiger partial charge is 0.334 e. The molecule has 20 heavy (non-hydrogen) atoms. The molecule has 0 unspecified atom stereocenters. The first-order valence-corrected chi connectivity index (χ1v) is 8.38. The normalized spacial score (nSPS) is 12.3. The lowest BCUT2D eigenvalue weighted by Gasteiger charge is -2.10. The predicted octanol–water partition coefficient (Wildman–Crippen LogP) is 0.166. The number of anilines is 1. The molecular formula is C10H12N4O4S2. The molecule has 0 spiro atoms. The van der Waals surface area contributed by atoms with Crippen molar-refractivity contribution in [3.8, 4) is 0 Å². The minimum absolute atomic E-state index is 0.0838. The SMILES string of the molecule is Cc1cc(S(N)(=O)=O)ccc1NS(=O)(=O)c1cnc[nH]1. The Balaban J connectivity index is 2.37. The van der Waals surface area contributed by atoms with E-state index >= 15 is 0 Å². The first-order chi connectivity index (χ1) is 9.20. The Hall–Kier alpha value is -1.91. The van der Waals surface area contributed by atoms with E-state index in [1.165, 1.54) is 24.5 Å². The number of aryl methyl sites for hydroxylation is 1. The van der Waals surface area contributed by atoms with Crippen LogP contribution in [0.1, 0.15) is 5.56 Å². The van der Waals surface area contributed by atoms with Gasteiger partial charge in [-0.05, 0) is 30.7 Å². The van der Waals surface area contributed by atoms with Crippen molar-refractivity contribution in [1.82, 2.24) is 9.97 Å². The highest BCUT2D eigenvalue weighted by molar-refractivity contribution is 7.92. The summed E-state index contributed by atoms with van der Waals surface area (Å²) in [6.45, 7) is 1.57. The second-order valence-electron chi connectivity index (χ2n) is 4.04. The summed E-state index contributed by atoms with van der Waals surface area (Å²) in [4.78, 5) is 6.02. The number of nitrogens with two attached hydrogens (primary N) is 1. The van der Waals surface area contributed by atoms with Gasteiger partial charge >= 0.3 is 0 Å². The van der Waals surface area contributed by atoms with Crippen molar-refractivity contribution in [2.24, 2.45) is 5.14 Å². The summed E-state index contributed by atoms with van der Waals surface area (Å²) in [5.74, 6) is 0. The number of aromatic amines is 1. The summed E-state index contributed by atoms with van der Waals surface area (Å²) in [5.41, 5.74) is 0.687. The number of hydrogen-bond acceptors (Lipinski definition) is 5. The van der Waals surface area contributed by atoms with Gasteiger partial charge in [-0.1, -0.05) is 0 Å². The third-order valence-corrected chi connectivity index (χ3v) is 4.74. The molecule has 2 aromatic rings. The molecule has 108 valence electrons. The lowest BCUT2D eigenvalue weighted by Crippen LogP contribution is -2.15. The first kappa shape index (κ1) is 14.5. The molecule has 0 aliphatic heterocycles. The average Bonchev–Trinajstić information content (AvgIpc) is 2.84. The third kappa shape index (κ3) is 2.98. The lowest BCUT2D eigenvalue weighted by molar-refractivity contribution is 0.597. The smallest absolute Gasteiger partial charge is 0.278 e. The van der Waals surface area contributed by atoms with Crippen LogP contribution in [-0.2, 0) is 20.0 Å². The maximum absolute atomic E-state index is 12.0. The van der Waals surface area contributed by atoms with Gasteiger partial charge in [-0.3, -0.25) is 4.72 Å². The van der Waals surface area contributed by atoms with Crippen LogP contribution in [-0.4, -0.2) is 26.8 Å². The van der Waals surface area contributed by atoms with Crippen molar-refractivity contribution in [3.63, 3.8) is 0 Å². The summed E-state index contributed by atoms with van der Waals surface area (Å²) in [6.07, 6.45) is 2.40. The Labute approximate surface area is 116 Å². The highest BCUT2D eigenvalue weighted by atomic mass is 32.2. The van der Waals surface area contributed by atoms with Gasteiger partial charge in [-0.25, -0.2) is 18.5 Å².